The average molecular weight is 389 g/mol. The van der Waals surface area contributed by atoms with Crippen LogP contribution in [0.5, 0.6) is 0 Å². The Morgan fingerprint density at radius 1 is 1.32 bits per heavy atom. The van der Waals surface area contributed by atoms with Crippen molar-refractivity contribution in [2.24, 2.45) is 11.1 Å². The van der Waals surface area contributed by atoms with Crippen LogP contribution in [0, 0.1) is 12.8 Å². The Morgan fingerprint density at radius 3 is 2.56 bits per heavy atom. The summed E-state index contributed by atoms with van der Waals surface area (Å²) in [6.07, 6.45) is 0.745. The normalized spacial score (nSPS) is 16.4. The van der Waals surface area contributed by atoms with Gasteiger partial charge >= 0.3 is 0 Å². The minimum Gasteiger partial charge on any atom is -0.347 e. The summed E-state index contributed by atoms with van der Waals surface area (Å²) in [5.41, 5.74) is 1.34. The van der Waals surface area contributed by atoms with Gasteiger partial charge in [0, 0.05) is 29.7 Å². The van der Waals surface area contributed by atoms with Crippen LogP contribution in [0.15, 0.2) is 18.2 Å². The van der Waals surface area contributed by atoms with Crippen LogP contribution in [0.4, 0.5) is 5.69 Å². The van der Waals surface area contributed by atoms with E-state index in [0.29, 0.717) is 23.6 Å². The van der Waals surface area contributed by atoms with Gasteiger partial charge in [-0.2, -0.15) is 12.7 Å². The van der Waals surface area contributed by atoms with E-state index in [2.05, 4.69) is 10.6 Å². The Hall–Kier alpha value is -1.68. The number of carbonyl (C=O) groups is 2. The summed E-state index contributed by atoms with van der Waals surface area (Å²) < 4.78 is 23.6. The maximum atomic E-state index is 12.1. The van der Waals surface area contributed by atoms with Gasteiger partial charge in [0.05, 0.1) is 6.54 Å². The quantitative estimate of drug-likeness (QED) is 0.684. The van der Waals surface area contributed by atoms with E-state index in [4.69, 9.17) is 16.7 Å². The zero-order valence-electron chi connectivity index (χ0n) is 13.8. The predicted molar refractivity (Wildman–Crippen MR) is 95.2 cm³/mol. The summed E-state index contributed by atoms with van der Waals surface area (Å²) in [6, 6.07) is 5.18. The number of rotatable bonds is 5. The second-order valence-electron chi connectivity index (χ2n) is 5.90. The molecule has 10 heteroatoms. The van der Waals surface area contributed by atoms with Gasteiger partial charge < -0.3 is 10.6 Å². The summed E-state index contributed by atoms with van der Waals surface area (Å²) in [6.45, 7) is 2.02. The number of hydrogen-bond donors (Lipinski definition) is 3. The fourth-order valence-corrected chi connectivity index (χ4v) is 3.52. The SMILES string of the molecule is Cc1c(Cl)cccc1NC(=O)CNC(=O)C1CCN(S(N)(=O)=O)CC1. The van der Waals surface area contributed by atoms with E-state index in [0.717, 1.165) is 9.87 Å². The number of amides is 2. The van der Waals surface area contributed by atoms with Gasteiger partial charge in [0.1, 0.15) is 0 Å². The Kier molecular flexibility index (Phi) is 6.39. The second-order valence-corrected chi connectivity index (χ2v) is 7.85. The highest BCUT2D eigenvalue weighted by atomic mass is 35.5. The molecule has 0 saturated carbocycles. The van der Waals surface area contributed by atoms with E-state index in [1.807, 2.05) is 0 Å². The van der Waals surface area contributed by atoms with Crippen molar-refractivity contribution in [1.82, 2.24) is 9.62 Å². The maximum absolute atomic E-state index is 12.1. The van der Waals surface area contributed by atoms with Gasteiger partial charge in [-0.05, 0) is 37.5 Å². The highest BCUT2D eigenvalue weighted by Crippen LogP contribution is 2.22. The monoisotopic (exact) mass is 388 g/mol. The van der Waals surface area contributed by atoms with Crippen LogP contribution in [0.1, 0.15) is 18.4 Å². The first-order valence-corrected chi connectivity index (χ1v) is 9.67. The number of hydrogen-bond acceptors (Lipinski definition) is 4. The zero-order valence-corrected chi connectivity index (χ0v) is 15.4. The molecular formula is C15H21ClN4O4S. The van der Waals surface area contributed by atoms with Crippen molar-refractivity contribution in [2.75, 3.05) is 25.0 Å². The number of anilines is 1. The first kappa shape index (κ1) is 19.6. The van der Waals surface area contributed by atoms with Crippen molar-refractivity contribution in [2.45, 2.75) is 19.8 Å². The molecule has 1 aliphatic rings. The van der Waals surface area contributed by atoms with Gasteiger partial charge in [-0.15, -0.1) is 0 Å². The smallest absolute Gasteiger partial charge is 0.276 e. The highest BCUT2D eigenvalue weighted by Gasteiger charge is 2.29. The standard InChI is InChI=1S/C15H21ClN4O4S/c1-10-12(16)3-2-4-13(10)19-14(21)9-18-15(22)11-5-7-20(8-6-11)25(17,23)24/h2-4,11H,5-9H2,1H3,(H,18,22)(H,19,21)(H2,17,23,24). The molecule has 0 atom stereocenters. The van der Waals surface area contributed by atoms with E-state index in [1.54, 1.807) is 25.1 Å². The van der Waals surface area contributed by atoms with Crippen LogP contribution < -0.4 is 15.8 Å². The lowest BCUT2D eigenvalue weighted by atomic mass is 9.97. The fraction of sp³-hybridized carbons (Fsp3) is 0.467. The predicted octanol–water partition coefficient (Wildman–Crippen LogP) is 0.619. The van der Waals surface area contributed by atoms with Crippen LogP contribution in [0.3, 0.4) is 0 Å². The number of nitrogens with two attached hydrogens (primary N) is 1. The Bertz CT molecular complexity index is 761. The molecule has 1 aromatic rings. The van der Waals surface area contributed by atoms with E-state index in [1.165, 1.54) is 0 Å². The van der Waals surface area contributed by atoms with E-state index in [9.17, 15) is 18.0 Å². The molecule has 1 heterocycles. The molecule has 0 aromatic heterocycles. The van der Waals surface area contributed by atoms with Crippen LogP contribution in [-0.2, 0) is 19.8 Å². The molecule has 1 aliphatic heterocycles. The number of nitrogens with one attached hydrogen (secondary N) is 2. The van der Waals surface area contributed by atoms with Crippen LogP contribution in [0.25, 0.3) is 0 Å². The lowest BCUT2D eigenvalue weighted by Crippen LogP contribution is -2.46. The maximum Gasteiger partial charge on any atom is 0.276 e. The molecular weight excluding hydrogens is 368 g/mol. The second kappa shape index (κ2) is 8.13. The summed E-state index contributed by atoms with van der Waals surface area (Å²) >= 11 is 5.99. The zero-order chi connectivity index (χ0) is 18.6. The number of nitrogens with zero attached hydrogens (tertiary/aromatic N) is 1. The fourth-order valence-electron chi connectivity index (χ4n) is 2.62. The number of piperidine rings is 1. The average Bonchev–Trinajstić information content (AvgIpc) is 2.56. The summed E-state index contributed by atoms with van der Waals surface area (Å²) in [5, 5.41) is 10.9. The van der Waals surface area contributed by atoms with Crippen molar-refractivity contribution in [3.63, 3.8) is 0 Å². The summed E-state index contributed by atoms with van der Waals surface area (Å²) in [4.78, 5) is 24.1. The molecule has 2 amide bonds. The molecule has 0 radical (unpaired) electrons. The third kappa shape index (κ3) is 5.40. The van der Waals surface area contributed by atoms with E-state index in [-0.39, 0.29) is 37.4 Å². The Morgan fingerprint density at radius 2 is 1.96 bits per heavy atom. The first-order valence-electron chi connectivity index (χ1n) is 7.79. The highest BCUT2D eigenvalue weighted by molar-refractivity contribution is 7.86. The van der Waals surface area contributed by atoms with Gasteiger partial charge in [0.25, 0.3) is 10.2 Å². The number of carbonyl (C=O) groups excluding carboxylic acids is 2. The largest absolute Gasteiger partial charge is 0.347 e. The lowest BCUT2D eigenvalue weighted by Gasteiger charge is -2.28. The van der Waals surface area contributed by atoms with Gasteiger partial charge in [-0.3, -0.25) is 9.59 Å². The molecule has 1 saturated heterocycles. The molecule has 1 aromatic carbocycles. The van der Waals surface area contributed by atoms with Crippen LogP contribution >= 0.6 is 11.6 Å². The van der Waals surface area contributed by atoms with Crippen molar-refractivity contribution < 1.29 is 18.0 Å². The van der Waals surface area contributed by atoms with Gasteiger partial charge in [-0.25, -0.2) is 5.14 Å². The van der Waals surface area contributed by atoms with Gasteiger partial charge in [-0.1, -0.05) is 17.7 Å². The molecule has 25 heavy (non-hydrogen) atoms. The summed E-state index contributed by atoms with van der Waals surface area (Å²) in [5.74, 6) is -0.966. The van der Waals surface area contributed by atoms with Crippen LogP contribution in [-0.4, -0.2) is 44.2 Å². The van der Waals surface area contributed by atoms with Crippen molar-refractivity contribution >= 4 is 39.3 Å². The molecule has 0 aliphatic carbocycles. The molecule has 8 nitrogen and oxygen atoms in total. The minimum atomic E-state index is -3.72. The number of halogens is 1. The molecule has 1 fully saturated rings. The third-order valence-electron chi connectivity index (χ3n) is 4.15. The minimum absolute atomic E-state index is 0.166. The topological polar surface area (TPSA) is 122 Å². The van der Waals surface area contributed by atoms with Crippen LogP contribution in [0.2, 0.25) is 5.02 Å². The third-order valence-corrected chi connectivity index (χ3v) is 5.64. The van der Waals surface area contributed by atoms with Crippen molar-refractivity contribution in [3.8, 4) is 0 Å². The molecule has 0 unspecified atom stereocenters. The van der Waals surface area contributed by atoms with Crippen molar-refractivity contribution in [1.29, 1.82) is 0 Å². The lowest BCUT2D eigenvalue weighted by molar-refractivity contribution is -0.128. The van der Waals surface area contributed by atoms with E-state index < -0.39 is 10.2 Å². The van der Waals surface area contributed by atoms with Gasteiger partial charge in [0.2, 0.25) is 11.8 Å². The first-order chi connectivity index (χ1) is 11.7. The van der Waals surface area contributed by atoms with Gasteiger partial charge in [0.15, 0.2) is 0 Å². The van der Waals surface area contributed by atoms with E-state index >= 15 is 0 Å². The number of benzene rings is 1. The molecule has 2 rings (SSSR count). The molecule has 0 spiro atoms. The molecule has 138 valence electrons. The molecule has 0 bridgehead atoms. The summed E-state index contributed by atoms with van der Waals surface area (Å²) in [7, 11) is -3.72. The Balaban J connectivity index is 1.80. The Labute approximate surface area is 151 Å². The molecule has 4 N–H and O–H groups in total. The van der Waals surface area contributed by atoms with Crippen molar-refractivity contribution in [3.05, 3.63) is 28.8 Å².